The molecule has 3 aliphatic rings. The molecule has 1 aromatic carbocycles. The Labute approximate surface area is 180 Å². The maximum absolute atomic E-state index is 13.6. The fraction of sp³-hybridized carbons (Fsp3) is 0.478. The lowest BCUT2D eigenvalue weighted by Gasteiger charge is -2.41. The summed E-state index contributed by atoms with van der Waals surface area (Å²) in [6, 6.07) is 7.97. The van der Waals surface area contributed by atoms with Crippen LogP contribution < -0.4 is 5.32 Å². The van der Waals surface area contributed by atoms with Crippen LogP contribution in [0.5, 0.6) is 0 Å². The number of carbonyl (C=O) groups excluding carboxylic acids is 2. The predicted molar refractivity (Wildman–Crippen MR) is 115 cm³/mol. The van der Waals surface area contributed by atoms with Gasteiger partial charge in [0.1, 0.15) is 0 Å². The van der Waals surface area contributed by atoms with E-state index in [9.17, 15) is 9.59 Å². The number of dihydropyridines is 1. The van der Waals surface area contributed by atoms with Crippen molar-refractivity contribution in [1.82, 2.24) is 10.2 Å². The van der Waals surface area contributed by atoms with Crippen LogP contribution in [-0.4, -0.2) is 42.9 Å². The van der Waals surface area contributed by atoms with Crippen molar-refractivity contribution < 1.29 is 14.3 Å². The molecule has 0 aromatic heterocycles. The van der Waals surface area contributed by atoms with Crippen molar-refractivity contribution in [2.45, 2.75) is 39.5 Å². The SMILES string of the molecule is CC1=C(C(=O)N2CCOCC2)[C@H](c2ccc(Br)cc2)C2=C(CC(C)(C)CC2=O)N1. The van der Waals surface area contributed by atoms with E-state index in [-0.39, 0.29) is 23.0 Å². The smallest absolute Gasteiger partial charge is 0.252 e. The zero-order valence-electron chi connectivity index (χ0n) is 17.2. The average Bonchev–Trinajstić information content (AvgIpc) is 2.67. The summed E-state index contributed by atoms with van der Waals surface area (Å²) in [5, 5.41) is 3.44. The van der Waals surface area contributed by atoms with Gasteiger partial charge in [0, 0.05) is 52.4 Å². The first-order valence-electron chi connectivity index (χ1n) is 10.1. The number of amides is 1. The molecule has 1 aromatic rings. The highest BCUT2D eigenvalue weighted by Gasteiger charge is 2.43. The van der Waals surface area contributed by atoms with Crippen molar-refractivity contribution in [3.63, 3.8) is 0 Å². The van der Waals surface area contributed by atoms with Gasteiger partial charge in [0.2, 0.25) is 0 Å². The summed E-state index contributed by atoms with van der Waals surface area (Å²) in [5.41, 5.74) is 4.15. The van der Waals surface area contributed by atoms with Gasteiger partial charge in [0.15, 0.2) is 5.78 Å². The number of allylic oxidation sites excluding steroid dienone is 3. The van der Waals surface area contributed by atoms with E-state index < -0.39 is 0 Å². The number of Topliss-reactive ketones (excluding diaryl/α,β-unsaturated/α-hetero) is 1. The van der Waals surface area contributed by atoms with Gasteiger partial charge >= 0.3 is 0 Å². The van der Waals surface area contributed by atoms with Gasteiger partial charge in [-0.25, -0.2) is 0 Å². The first-order valence-corrected chi connectivity index (χ1v) is 10.9. The van der Waals surface area contributed by atoms with Gasteiger partial charge in [-0.1, -0.05) is 41.9 Å². The van der Waals surface area contributed by atoms with E-state index in [0.29, 0.717) is 38.3 Å². The van der Waals surface area contributed by atoms with E-state index in [1.807, 2.05) is 36.1 Å². The minimum absolute atomic E-state index is 0.00426. The molecule has 0 radical (unpaired) electrons. The van der Waals surface area contributed by atoms with Crippen molar-refractivity contribution >= 4 is 27.6 Å². The van der Waals surface area contributed by atoms with Crippen LogP contribution >= 0.6 is 15.9 Å². The summed E-state index contributed by atoms with van der Waals surface area (Å²) < 4.78 is 6.39. The number of nitrogens with one attached hydrogen (secondary N) is 1. The predicted octanol–water partition coefficient (Wildman–Crippen LogP) is 3.91. The van der Waals surface area contributed by atoms with Crippen LogP contribution in [0.15, 0.2) is 51.3 Å². The molecular weight excluding hydrogens is 432 g/mol. The molecule has 6 heteroatoms. The molecule has 0 spiro atoms. The maximum atomic E-state index is 13.6. The van der Waals surface area contributed by atoms with Gasteiger partial charge in [-0.05, 0) is 36.5 Å². The Morgan fingerprint density at radius 1 is 1.17 bits per heavy atom. The molecule has 0 saturated carbocycles. The highest BCUT2D eigenvalue weighted by atomic mass is 79.9. The van der Waals surface area contributed by atoms with Crippen LogP contribution in [0.25, 0.3) is 0 Å². The summed E-state index contributed by atoms with van der Waals surface area (Å²) in [4.78, 5) is 28.7. The van der Waals surface area contributed by atoms with Gasteiger partial charge in [-0.2, -0.15) is 0 Å². The Morgan fingerprint density at radius 2 is 1.83 bits per heavy atom. The van der Waals surface area contributed by atoms with E-state index in [0.717, 1.165) is 33.4 Å². The Balaban J connectivity index is 1.82. The number of benzene rings is 1. The summed E-state index contributed by atoms with van der Waals surface area (Å²) in [6.45, 7) is 8.46. The van der Waals surface area contributed by atoms with Crippen molar-refractivity contribution in [2.24, 2.45) is 5.41 Å². The Hall–Kier alpha value is -1.92. The average molecular weight is 459 g/mol. The van der Waals surface area contributed by atoms with Gasteiger partial charge in [-0.3, -0.25) is 9.59 Å². The number of nitrogens with zero attached hydrogens (tertiary/aromatic N) is 1. The molecule has 1 saturated heterocycles. The standard InChI is InChI=1S/C23H27BrN2O3/c1-14-19(22(28)26-8-10-29-11-9-26)20(15-4-6-16(24)7-5-15)21-17(25-14)12-23(2,3)13-18(21)27/h4-7,20,25H,8-13H2,1-3H3/t20-/m0/s1. The zero-order valence-corrected chi connectivity index (χ0v) is 18.8. The third-order valence-electron chi connectivity index (χ3n) is 5.97. The summed E-state index contributed by atoms with van der Waals surface area (Å²) in [5.74, 6) is -0.204. The van der Waals surface area contributed by atoms with Gasteiger partial charge in [0.05, 0.1) is 13.2 Å². The molecule has 154 valence electrons. The molecule has 4 rings (SSSR count). The van der Waals surface area contributed by atoms with Gasteiger partial charge in [0.25, 0.3) is 5.91 Å². The number of ether oxygens (including phenoxy) is 1. The van der Waals surface area contributed by atoms with Crippen LogP contribution in [0.1, 0.15) is 45.1 Å². The lowest BCUT2D eigenvalue weighted by atomic mass is 9.68. The maximum Gasteiger partial charge on any atom is 0.252 e. The fourth-order valence-corrected chi connectivity index (χ4v) is 4.91. The first-order chi connectivity index (χ1) is 13.8. The molecule has 1 fully saturated rings. The van der Waals surface area contributed by atoms with Crippen molar-refractivity contribution in [3.05, 3.63) is 56.8 Å². The van der Waals surface area contributed by atoms with Crippen molar-refractivity contribution in [1.29, 1.82) is 0 Å². The topological polar surface area (TPSA) is 58.6 Å². The van der Waals surface area contributed by atoms with E-state index >= 15 is 0 Å². The summed E-state index contributed by atoms with van der Waals surface area (Å²) >= 11 is 3.49. The number of carbonyl (C=O) groups is 2. The minimum Gasteiger partial charge on any atom is -0.378 e. The molecule has 1 N–H and O–H groups in total. The monoisotopic (exact) mass is 458 g/mol. The quantitative estimate of drug-likeness (QED) is 0.729. The van der Waals surface area contributed by atoms with Crippen LogP contribution in [0.4, 0.5) is 0 Å². The normalized spacial score (nSPS) is 24.3. The molecule has 1 atom stereocenters. The van der Waals surface area contributed by atoms with E-state index in [1.54, 1.807) is 0 Å². The highest BCUT2D eigenvalue weighted by molar-refractivity contribution is 9.10. The molecule has 2 heterocycles. The van der Waals surface area contributed by atoms with Crippen LogP contribution in [0, 0.1) is 5.41 Å². The molecule has 2 aliphatic heterocycles. The molecule has 29 heavy (non-hydrogen) atoms. The first kappa shape index (κ1) is 20.4. The second-order valence-corrected chi connectivity index (χ2v) is 9.80. The number of hydrogen-bond acceptors (Lipinski definition) is 4. The van der Waals surface area contributed by atoms with Crippen molar-refractivity contribution in [2.75, 3.05) is 26.3 Å². The molecule has 0 bridgehead atoms. The Bertz CT molecular complexity index is 909. The Kier molecular flexibility index (Phi) is 5.42. The largest absolute Gasteiger partial charge is 0.378 e. The Morgan fingerprint density at radius 3 is 2.48 bits per heavy atom. The van der Waals surface area contributed by atoms with Crippen LogP contribution in [-0.2, 0) is 14.3 Å². The number of halogens is 1. The second-order valence-electron chi connectivity index (χ2n) is 8.89. The second kappa shape index (κ2) is 7.73. The summed E-state index contributed by atoms with van der Waals surface area (Å²) in [6.07, 6.45) is 1.30. The fourth-order valence-electron chi connectivity index (χ4n) is 4.64. The van der Waals surface area contributed by atoms with Crippen LogP contribution in [0.2, 0.25) is 0 Å². The number of hydrogen-bond donors (Lipinski definition) is 1. The summed E-state index contributed by atoms with van der Waals surface area (Å²) in [7, 11) is 0. The lowest BCUT2D eigenvalue weighted by molar-refractivity contribution is -0.131. The van der Waals surface area contributed by atoms with E-state index in [2.05, 4.69) is 35.1 Å². The lowest BCUT2D eigenvalue weighted by Crippen LogP contribution is -2.45. The molecule has 5 nitrogen and oxygen atoms in total. The molecule has 1 aliphatic carbocycles. The number of ketones is 1. The molecule has 1 amide bonds. The van der Waals surface area contributed by atoms with E-state index in [4.69, 9.17) is 4.74 Å². The number of morpholine rings is 1. The minimum atomic E-state index is -0.335. The zero-order chi connectivity index (χ0) is 20.8. The van der Waals surface area contributed by atoms with E-state index in [1.165, 1.54) is 0 Å². The van der Waals surface area contributed by atoms with Crippen molar-refractivity contribution in [3.8, 4) is 0 Å². The van der Waals surface area contributed by atoms with Crippen LogP contribution in [0.3, 0.4) is 0 Å². The third-order valence-corrected chi connectivity index (χ3v) is 6.50. The van der Waals surface area contributed by atoms with Gasteiger partial charge in [-0.15, -0.1) is 0 Å². The number of rotatable bonds is 2. The molecule has 0 unspecified atom stereocenters. The molecular formula is C23H27BrN2O3. The third kappa shape index (κ3) is 3.92. The highest BCUT2D eigenvalue weighted by Crippen LogP contribution is 2.47. The van der Waals surface area contributed by atoms with Gasteiger partial charge < -0.3 is 15.0 Å².